The lowest BCUT2D eigenvalue weighted by Crippen LogP contribution is -2.11. The first-order valence-electron chi connectivity index (χ1n) is 3.92. The van der Waals surface area contributed by atoms with Crippen LogP contribution in [-0.4, -0.2) is 0 Å². The summed E-state index contributed by atoms with van der Waals surface area (Å²) < 4.78 is 49.5. The summed E-state index contributed by atoms with van der Waals surface area (Å²) in [6, 6.07) is 1.61. The molecule has 1 nitrogen and oxygen atoms in total. The quantitative estimate of drug-likeness (QED) is 0.704. The van der Waals surface area contributed by atoms with Gasteiger partial charge in [0, 0.05) is 6.54 Å². The van der Waals surface area contributed by atoms with Crippen molar-refractivity contribution in [3.8, 4) is 0 Å². The van der Waals surface area contributed by atoms with Crippen LogP contribution in [0, 0.1) is 12.7 Å². The fraction of sp³-hybridized carbons (Fsp3) is 0.333. The van der Waals surface area contributed by atoms with E-state index in [2.05, 4.69) is 0 Å². The summed E-state index contributed by atoms with van der Waals surface area (Å²) in [5.74, 6) is -1.26. The molecule has 1 aromatic rings. The third-order valence-corrected chi connectivity index (χ3v) is 1.95. The van der Waals surface area contributed by atoms with E-state index in [0.29, 0.717) is 11.1 Å². The van der Waals surface area contributed by atoms with Crippen LogP contribution in [0.3, 0.4) is 0 Å². The number of hydrogen-bond donors (Lipinski definition) is 1. The van der Waals surface area contributed by atoms with Gasteiger partial charge in [0.25, 0.3) is 0 Å². The lowest BCUT2D eigenvalue weighted by Gasteiger charge is -2.11. The normalized spacial score (nSPS) is 11.9. The predicted octanol–water partition coefficient (Wildman–Crippen LogP) is 2.61. The van der Waals surface area contributed by atoms with E-state index in [9.17, 15) is 17.6 Å². The molecule has 0 unspecified atom stereocenters. The topological polar surface area (TPSA) is 26.0 Å². The minimum atomic E-state index is -4.66. The minimum Gasteiger partial charge on any atom is -0.326 e. The maximum atomic E-state index is 12.9. The Hall–Kier alpha value is -1.10. The highest BCUT2D eigenvalue weighted by Gasteiger charge is 2.34. The fourth-order valence-corrected chi connectivity index (χ4v) is 1.15. The van der Waals surface area contributed by atoms with Crippen LogP contribution in [0.4, 0.5) is 17.6 Å². The van der Waals surface area contributed by atoms with Gasteiger partial charge < -0.3 is 5.73 Å². The van der Waals surface area contributed by atoms with E-state index in [1.165, 1.54) is 6.92 Å². The summed E-state index contributed by atoms with van der Waals surface area (Å²) >= 11 is 0. The molecule has 0 saturated carbocycles. The Balaban J connectivity index is 3.32. The van der Waals surface area contributed by atoms with Gasteiger partial charge in [0.1, 0.15) is 5.82 Å². The molecule has 0 aliphatic heterocycles. The molecular formula is C9H9F4N. The zero-order valence-electron chi connectivity index (χ0n) is 7.45. The van der Waals surface area contributed by atoms with Gasteiger partial charge in [-0.25, -0.2) is 4.39 Å². The molecule has 5 heteroatoms. The maximum absolute atomic E-state index is 12.9. The maximum Gasteiger partial charge on any atom is 0.419 e. The molecule has 1 aromatic carbocycles. The van der Waals surface area contributed by atoms with Crippen LogP contribution in [0.5, 0.6) is 0 Å². The number of rotatable bonds is 1. The summed E-state index contributed by atoms with van der Waals surface area (Å²) in [6.45, 7) is 1.49. The molecule has 0 spiro atoms. The lowest BCUT2D eigenvalue weighted by atomic mass is 10.0. The monoisotopic (exact) mass is 207 g/mol. The highest BCUT2D eigenvalue weighted by atomic mass is 19.4. The summed E-state index contributed by atoms with van der Waals surface area (Å²) in [5.41, 5.74) is 4.70. The van der Waals surface area contributed by atoms with E-state index >= 15 is 0 Å². The van der Waals surface area contributed by atoms with Crippen LogP contribution in [0.15, 0.2) is 12.1 Å². The van der Waals surface area contributed by atoms with Crippen molar-refractivity contribution < 1.29 is 17.6 Å². The van der Waals surface area contributed by atoms with Gasteiger partial charge in [-0.3, -0.25) is 0 Å². The zero-order chi connectivity index (χ0) is 10.9. The predicted molar refractivity (Wildman–Crippen MR) is 44.0 cm³/mol. The minimum absolute atomic E-state index is 0.0325. The van der Waals surface area contributed by atoms with Gasteiger partial charge in [-0.15, -0.1) is 0 Å². The van der Waals surface area contributed by atoms with Crippen LogP contribution >= 0.6 is 0 Å². The van der Waals surface area contributed by atoms with Crippen molar-refractivity contribution in [2.45, 2.75) is 19.6 Å². The molecule has 0 aliphatic carbocycles. The van der Waals surface area contributed by atoms with Gasteiger partial charge in [0.15, 0.2) is 0 Å². The van der Waals surface area contributed by atoms with Gasteiger partial charge in [-0.1, -0.05) is 0 Å². The molecule has 2 N–H and O–H groups in total. The molecule has 0 bridgehead atoms. The molecule has 0 aromatic heterocycles. The summed E-state index contributed by atoms with van der Waals surface area (Å²) in [5, 5.41) is 0. The Labute approximate surface area is 78.5 Å². The smallest absolute Gasteiger partial charge is 0.326 e. The molecule has 0 saturated heterocycles. The largest absolute Gasteiger partial charge is 0.419 e. The number of halogens is 4. The Morgan fingerprint density at radius 1 is 1.29 bits per heavy atom. The molecular weight excluding hydrogens is 198 g/mol. The first kappa shape index (κ1) is 11.0. The van der Waals surface area contributed by atoms with E-state index in [-0.39, 0.29) is 6.54 Å². The van der Waals surface area contributed by atoms with Crippen molar-refractivity contribution in [2.24, 2.45) is 5.73 Å². The van der Waals surface area contributed by atoms with Gasteiger partial charge >= 0.3 is 6.18 Å². The molecule has 0 aliphatic rings. The van der Waals surface area contributed by atoms with Crippen LogP contribution in [0.25, 0.3) is 0 Å². The van der Waals surface area contributed by atoms with Gasteiger partial charge in [0.05, 0.1) is 5.56 Å². The third kappa shape index (κ3) is 2.04. The van der Waals surface area contributed by atoms with Crippen molar-refractivity contribution in [3.63, 3.8) is 0 Å². The van der Waals surface area contributed by atoms with E-state index in [1.807, 2.05) is 0 Å². The molecule has 78 valence electrons. The Morgan fingerprint density at radius 3 is 2.29 bits per heavy atom. The molecule has 0 atom stereocenters. The summed E-state index contributed by atoms with van der Waals surface area (Å²) in [4.78, 5) is 0. The average molecular weight is 207 g/mol. The van der Waals surface area contributed by atoms with Crippen molar-refractivity contribution >= 4 is 0 Å². The number of hydrogen-bond acceptors (Lipinski definition) is 1. The summed E-state index contributed by atoms with van der Waals surface area (Å²) in [7, 11) is 0. The van der Waals surface area contributed by atoms with E-state index < -0.39 is 17.6 Å². The highest BCUT2D eigenvalue weighted by molar-refractivity contribution is 5.33. The number of aryl methyl sites for hydroxylation is 1. The van der Waals surface area contributed by atoms with Gasteiger partial charge in [-0.05, 0) is 30.2 Å². The Kier molecular flexibility index (Phi) is 2.80. The van der Waals surface area contributed by atoms with Gasteiger partial charge in [-0.2, -0.15) is 13.2 Å². The second-order valence-corrected chi connectivity index (χ2v) is 2.96. The molecule has 14 heavy (non-hydrogen) atoms. The average Bonchev–Trinajstić information content (AvgIpc) is 2.02. The third-order valence-electron chi connectivity index (χ3n) is 1.95. The van der Waals surface area contributed by atoms with Crippen molar-refractivity contribution in [1.29, 1.82) is 0 Å². The molecule has 0 radical (unpaired) electrons. The Bertz CT molecular complexity index is 343. The Morgan fingerprint density at radius 2 is 1.86 bits per heavy atom. The van der Waals surface area contributed by atoms with Gasteiger partial charge in [0.2, 0.25) is 0 Å². The standard InChI is InChI=1S/C9H9F4N/c1-5-2-8(10)7(9(11,12)13)3-6(5)4-14/h2-3H,4,14H2,1H3. The van der Waals surface area contributed by atoms with Crippen LogP contribution in [0.1, 0.15) is 16.7 Å². The van der Waals surface area contributed by atoms with Crippen LogP contribution < -0.4 is 5.73 Å². The fourth-order valence-electron chi connectivity index (χ4n) is 1.15. The zero-order valence-corrected chi connectivity index (χ0v) is 7.45. The molecule has 0 heterocycles. The van der Waals surface area contributed by atoms with Crippen molar-refractivity contribution in [1.82, 2.24) is 0 Å². The number of benzene rings is 1. The summed E-state index contributed by atoms with van der Waals surface area (Å²) in [6.07, 6.45) is -4.66. The SMILES string of the molecule is Cc1cc(F)c(C(F)(F)F)cc1CN. The molecule has 1 rings (SSSR count). The second-order valence-electron chi connectivity index (χ2n) is 2.96. The van der Waals surface area contributed by atoms with E-state index in [1.54, 1.807) is 0 Å². The first-order chi connectivity index (χ1) is 6.36. The highest BCUT2D eigenvalue weighted by Crippen LogP contribution is 2.32. The lowest BCUT2D eigenvalue weighted by molar-refractivity contribution is -0.140. The van der Waals surface area contributed by atoms with Crippen molar-refractivity contribution in [2.75, 3.05) is 0 Å². The first-order valence-corrected chi connectivity index (χ1v) is 3.92. The molecule has 0 fully saturated rings. The van der Waals surface area contributed by atoms with Crippen molar-refractivity contribution in [3.05, 3.63) is 34.6 Å². The number of alkyl halides is 3. The van der Waals surface area contributed by atoms with E-state index in [4.69, 9.17) is 5.73 Å². The van der Waals surface area contributed by atoms with Crippen LogP contribution in [0.2, 0.25) is 0 Å². The number of nitrogens with two attached hydrogens (primary N) is 1. The van der Waals surface area contributed by atoms with E-state index in [0.717, 1.165) is 12.1 Å². The molecule has 0 amide bonds. The second kappa shape index (κ2) is 3.57. The van der Waals surface area contributed by atoms with Crippen LogP contribution in [-0.2, 0) is 12.7 Å².